The van der Waals surface area contributed by atoms with Gasteiger partial charge in [-0.15, -0.1) is 13.2 Å². The van der Waals surface area contributed by atoms with Crippen LogP contribution in [-0.4, -0.2) is 15.1 Å². The molecule has 0 bridgehead atoms. The highest BCUT2D eigenvalue weighted by Gasteiger charge is 2.10. The molecule has 14 heavy (non-hydrogen) atoms. The van der Waals surface area contributed by atoms with Gasteiger partial charge >= 0.3 is 0 Å². The van der Waals surface area contributed by atoms with Crippen LogP contribution in [0.1, 0.15) is 15.9 Å². The number of rotatable bonds is 4. The summed E-state index contributed by atoms with van der Waals surface area (Å²) in [5.74, 6) is 0. The zero-order chi connectivity index (χ0) is 10.6. The van der Waals surface area contributed by atoms with Gasteiger partial charge in [-0.05, 0) is 17.7 Å². The summed E-state index contributed by atoms with van der Waals surface area (Å²) in [6.45, 7) is 9.55. The van der Waals surface area contributed by atoms with E-state index in [1.54, 1.807) is 0 Å². The number of benzene rings is 1. The molecule has 71 valence electrons. The van der Waals surface area contributed by atoms with Crippen molar-refractivity contribution in [3.8, 4) is 0 Å². The molecule has 2 heteroatoms. The van der Waals surface area contributed by atoms with Crippen molar-refractivity contribution in [2.24, 2.45) is 0 Å². The van der Waals surface area contributed by atoms with E-state index < -0.39 is 8.80 Å². The number of carbonyl (C=O) groups is 1. The minimum Gasteiger partial charge on any atom is -0.298 e. The zero-order valence-electron chi connectivity index (χ0n) is 8.29. The summed E-state index contributed by atoms with van der Waals surface area (Å²) < 4.78 is 0. The quantitative estimate of drug-likeness (QED) is 0.537. The van der Waals surface area contributed by atoms with Crippen LogP contribution in [0.4, 0.5) is 0 Å². The van der Waals surface area contributed by atoms with Gasteiger partial charge in [0.1, 0.15) is 15.1 Å². The van der Waals surface area contributed by atoms with Gasteiger partial charge in [0.25, 0.3) is 0 Å². The maximum atomic E-state index is 10.7. The van der Waals surface area contributed by atoms with Crippen LogP contribution in [0.3, 0.4) is 0 Å². The Labute approximate surface area is 86.4 Å². The molecule has 1 rings (SSSR count). The third-order valence-electron chi connectivity index (χ3n) is 2.25. The van der Waals surface area contributed by atoms with Crippen molar-refractivity contribution in [3.63, 3.8) is 0 Å². The Morgan fingerprint density at radius 3 is 2.43 bits per heavy atom. The second-order valence-corrected chi connectivity index (χ2v) is 5.27. The molecule has 0 N–H and O–H groups in total. The molecule has 0 unspecified atom stereocenters. The zero-order valence-corrected chi connectivity index (χ0v) is 9.29. The highest BCUT2D eigenvalue weighted by Crippen LogP contribution is 2.04. The van der Waals surface area contributed by atoms with Crippen molar-refractivity contribution in [3.05, 3.63) is 53.9 Å². The predicted molar refractivity (Wildman–Crippen MR) is 62.3 cm³/mol. The normalized spacial score (nSPS) is 9.86. The smallest absolute Gasteiger partial charge is 0.150 e. The summed E-state index contributed by atoms with van der Waals surface area (Å²) in [5, 5.41) is 1.20. The third-order valence-corrected chi connectivity index (χ3v) is 4.30. The first-order valence-corrected chi connectivity index (χ1v) is 6.07. The van der Waals surface area contributed by atoms with E-state index in [1.807, 2.05) is 36.5 Å². The van der Waals surface area contributed by atoms with Crippen molar-refractivity contribution >= 4 is 20.3 Å². The third kappa shape index (κ3) is 1.91. The molecular weight excluding hydrogens is 188 g/mol. The van der Waals surface area contributed by atoms with Gasteiger partial charge in [0, 0.05) is 5.56 Å². The van der Waals surface area contributed by atoms with Crippen LogP contribution in [0.2, 0.25) is 0 Å². The summed E-state index contributed by atoms with van der Waals surface area (Å²) in [6.07, 6.45) is 0.893. The van der Waals surface area contributed by atoms with E-state index in [1.165, 1.54) is 5.19 Å². The van der Waals surface area contributed by atoms with Crippen molar-refractivity contribution < 1.29 is 4.79 Å². The Hall–Kier alpha value is -1.41. The molecule has 0 aliphatic rings. The van der Waals surface area contributed by atoms with Gasteiger partial charge in [-0.2, -0.15) is 0 Å². The molecule has 1 radical (unpaired) electrons. The molecule has 0 atom stereocenters. The van der Waals surface area contributed by atoms with Crippen LogP contribution in [0.25, 0.3) is 0 Å². The van der Waals surface area contributed by atoms with Gasteiger partial charge in [-0.3, -0.25) is 4.79 Å². The molecular formula is C12H13OSi. The first-order valence-electron chi connectivity index (χ1n) is 4.41. The summed E-state index contributed by atoms with van der Waals surface area (Å²) in [6, 6.07) is 5.78. The van der Waals surface area contributed by atoms with Crippen LogP contribution >= 0.6 is 0 Å². The molecule has 0 saturated carbocycles. The lowest BCUT2D eigenvalue weighted by molar-refractivity contribution is 0.112. The Bertz CT molecular complexity index is 361. The highest BCUT2D eigenvalue weighted by molar-refractivity contribution is 6.82. The average molecular weight is 201 g/mol. The molecule has 0 aromatic heterocycles. The predicted octanol–water partition coefficient (Wildman–Crippen LogP) is 1.96. The first kappa shape index (κ1) is 10.7. The minimum atomic E-state index is -0.894. The maximum absolute atomic E-state index is 10.7. The van der Waals surface area contributed by atoms with Gasteiger partial charge < -0.3 is 0 Å². The molecule has 0 aliphatic heterocycles. The fourth-order valence-electron chi connectivity index (χ4n) is 1.40. The van der Waals surface area contributed by atoms with Crippen LogP contribution in [0.5, 0.6) is 0 Å². The van der Waals surface area contributed by atoms with E-state index in [0.717, 1.165) is 17.4 Å². The monoisotopic (exact) mass is 201 g/mol. The van der Waals surface area contributed by atoms with Gasteiger partial charge in [0.15, 0.2) is 0 Å². The van der Waals surface area contributed by atoms with Crippen LogP contribution in [0, 0.1) is 6.92 Å². The van der Waals surface area contributed by atoms with Gasteiger partial charge in [0.05, 0.1) is 0 Å². The number of hydrogen-bond acceptors (Lipinski definition) is 1. The van der Waals surface area contributed by atoms with E-state index in [-0.39, 0.29) is 0 Å². The molecule has 0 amide bonds. The number of aldehydes is 1. The molecule has 1 nitrogen and oxygen atoms in total. The second kappa shape index (κ2) is 4.72. The lowest BCUT2D eigenvalue weighted by Gasteiger charge is -2.10. The summed E-state index contributed by atoms with van der Waals surface area (Å²) in [4.78, 5) is 10.7. The van der Waals surface area contributed by atoms with Crippen LogP contribution < -0.4 is 5.19 Å². The van der Waals surface area contributed by atoms with Crippen molar-refractivity contribution in [2.75, 3.05) is 0 Å². The molecule has 0 fully saturated rings. The Kier molecular flexibility index (Phi) is 3.60. The largest absolute Gasteiger partial charge is 0.298 e. The molecule has 1 aromatic carbocycles. The Morgan fingerprint density at radius 1 is 1.29 bits per heavy atom. The first-order chi connectivity index (χ1) is 6.74. The Morgan fingerprint density at radius 2 is 1.93 bits per heavy atom. The fraction of sp³-hybridized carbons (Fsp3) is 0.0833. The van der Waals surface area contributed by atoms with Gasteiger partial charge in [-0.1, -0.05) is 29.6 Å². The summed E-state index contributed by atoms with van der Waals surface area (Å²) in [7, 11) is -0.894. The Balaban J connectivity index is 3.26. The van der Waals surface area contributed by atoms with Crippen molar-refractivity contribution in [2.45, 2.75) is 6.92 Å². The second-order valence-electron chi connectivity index (χ2n) is 3.00. The number of hydrogen-bond donors (Lipinski definition) is 0. The van der Waals surface area contributed by atoms with E-state index in [9.17, 15) is 4.79 Å². The molecule has 1 aromatic rings. The standard InChI is InChI=1S/C12H13OSi/c1-4-14(5-2)12-8-6-7-11(9-13)10(12)3/h4-9H,1-2H2,3H3. The highest BCUT2D eigenvalue weighted by atomic mass is 28.3. The fourth-order valence-corrected chi connectivity index (χ4v) is 2.87. The van der Waals surface area contributed by atoms with E-state index in [2.05, 4.69) is 13.2 Å². The molecule has 0 spiro atoms. The van der Waals surface area contributed by atoms with E-state index in [0.29, 0.717) is 0 Å². The summed E-state index contributed by atoms with van der Waals surface area (Å²) in [5.41, 5.74) is 5.66. The van der Waals surface area contributed by atoms with Crippen LogP contribution in [0.15, 0.2) is 42.8 Å². The lowest BCUT2D eigenvalue weighted by Crippen LogP contribution is -2.29. The molecule has 0 aliphatic carbocycles. The SMILES string of the molecule is C=C[Si](C=C)c1cccc(C=O)c1C. The topological polar surface area (TPSA) is 17.1 Å². The van der Waals surface area contributed by atoms with Crippen LogP contribution in [-0.2, 0) is 0 Å². The maximum Gasteiger partial charge on any atom is 0.150 e. The summed E-state index contributed by atoms with van der Waals surface area (Å²) >= 11 is 0. The number of carbonyl (C=O) groups excluding carboxylic acids is 1. The van der Waals surface area contributed by atoms with Crippen molar-refractivity contribution in [1.29, 1.82) is 0 Å². The minimum absolute atomic E-state index is 0.758. The molecule has 0 heterocycles. The van der Waals surface area contributed by atoms with Gasteiger partial charge in [-0.25, -0.2) is 0 Å². The molecule has 0 saturated heterocycles. The average Bonchev–Trinajstić information content (AvgIpc) is 2.22. The van der Waals surface area contributed by atoms with Gasteiger partial charge in [0.2, 0.25) is 0 Å². The van der Waals surface area contributed by atoms with E-state index in [4.69, 9.17) is 0 Å². The van der Waals surface area contributed by atoms with Crippen molar-refractivity contribution in [1.82, 2.24) is 0 Å². The lowest BCUT2D eigenvalue weighted by atomic mass is 10.1. The van der Waals surface area contributed by atoms with E-state index >= 15 is 0 Å².